The number of fused-ring (bicyclic) bond motifs is 1. The largest absolute Gasteiger partial charge is 0.350 e. The van der Waals surface area contributed by atoms with Crippen LogP contribution in [0.25, 0.3) is 5.65 Å². The van der Waals surface area contributed by atoms with Crippen LogP contribution < -0.4 is 5.32 Å². The van der Waals surface area contributed by atoms with Crippen molar-refractivity contribution < 1.29 is 4.79 Å². The molecule has 25 heavy (non-hydrogen) atoms. The van der Waals surface area contributed by atoms with Gasteiger partial charge in [0.15, 0.2) is 11.7 Å². The molecule has 0 aliphatic rings. The van der Waals surface area contributed by atoms with E-state index in [2.05, 4.69) is 30.9 Å². The van der Waals surface area contributed by atoms with Crippen molar-refractivity contribution in [1.29, 1.82) is 0 Å². The minimum Gasteiger partial charge on any atom is -0.350 e. The maximum atomic E-state index is 12.8. The Morgan fingerprint density at radius 1 is 1.20 bits per heavy atom. The van der Waals surface area contributed by atoms with E-state index in [1.54, 1.807) is 23.0 Å². The zero-order valence-corrected chi connectivity index (χ0v) is 13.1. The molecule has 124 valence electrons. The molecule has 9 heteroatoms. The van der Waals surface area contributed by atoms with E-state index in [9.17, 15) is 4.79 Å². The van der Waals surface area contributed by atoms with E-state index in [-0.39, 0.29) is 5.91 Å². The summed E-state index contributed by atoms with van der Waals surface area (Å²) < 4.78 is 3.09. The third-order valence-corrected chi connectivity index (χ3v) is 3.80. The smallest absolute Gasteiger partial charge is 0.249 e. The highest BCUT2D eigenvalue weighted by molar-refractivity contribution is 5.83. The quantitative estimate of drug-likeness (QED) is 0.574. The van der Waals surface area contributed by atoms with Gasteiger partial charge < -0.3 is 5.32 Å². The molecule has 0 aliphatic carbocycles. The molecule has 4 rings (SSSR count). The molecule has 1 atom stereocenters. The van der Waals surface area contributed by atoms with Gasteiger partial charge in [0.2, 0.25) is 5.91 Å². The van der Waals surface area contributed by atoms with E-state index in [0.29, 0.717) is 12.2 Å². The van der Waals surface area contributed by atoms with Gasteiger partial charge in [-0.1, -0.05) is 30.3 Å². The average molecular weight is 334 g/mol. The SMILES string of the molecule is O=C(NCc1cnn2cccnc12)[C@@H](c1ccccc1)n1cnnn1. The first-order valence-corrected chi connectivity index (χ1v) is 7.65. The van der Waals surface area contributed by atoms with Gasteiger partial charge in [-0.05, 0) is 22.1 Å². The second-order valence-corrected chi connectivity index (χ2v) is 5.38. The predicted octanol–water partition coefficient (Wildman–Crippen LogP) is 0.622. The lowest BCUT2D eigenvalue weighted by molar-refractivity contribution is -0.123. The number of nitrogens with zero attached hydrogens (tertiary/aromatic N) is 7. The molecule has 0 saturated carbocycles. The van der Waals surface area contributed by atoms with Crippen LogP contribution in [-0.2, 0) is 11.3 Å². The number of hydrogen-bond donors (Lipinski definition) is 1. The Labute approximate surface area is 142 Å². The second-order valence-electron chi connectivity index (χ2n) is 5.38. The molecular weight excluding hydrogens is 320 g/mol. The molecule has 1 aromatic carbocycles. The van der Waals surface area contributed by atoms with Gasteiger partial charge >= 0.3 is 0 Å². The molecule has 0 radical (unpaired) electrons. The van der Waals surface area contributed by atoms with Gasteiger partial charge in [0.1, 0.15) is 6.33 Å². The number of benzene rings is 1. The maximum absolute atomic E-state index is 12.8. The first-order chi connectivity index (χ1) is 12.3. The predicted molar refractivity (Wildman–Crippen MR) is 87.2 cm³/mol. The van der Waals surface area contributed by atoms with E-state index in [1.807, 2.05) is 36.5 Å². The number of nitrogens with one attached hydrogen (secondary N) is 1. The lowest BCUT2D eigenvalue weighted by Gasteiger charge is -2.16. The van der Waals surface area contributed by atoms with Crippen LogP contribution in [-0.4, -0.2) is 40.7 Å². The lowest BCUT2D eigenvalue weighted by atomic mass is 10.1. The Balaban J connectivity index is 1.57. The fourth-order valence-corrected chi connectivity index (χ4v) is 2.63. The van der Waals surface area contributed by atoms with Crippen LogP contribution in [0.5, 0.6) is 0 Å². The highest BCUT2D eigenvalue weighted by atomic mass is 16.2. The monoisotopic (exact) mass is 334 g/mol. The van der Waals surface area contributed by atoms with Gasteiger partial charge in [0, 0.05) is 24.5 Å². The standard InChI is InChI=1S/C16H14N8O/c25-16(18-9-13-10-20-23-8-4-7-17-15(13)23)14(24-11-19-21-22-24)12-5-2-1-3-6-12/h1-8,10-11,14H,9H2,(H,18,25)/t14-/m1/s1. The van der Waals surface area contributed by atoms with Crippen molar-refractivity contribution in [2.24, 2.45) is 0 Å². The summed E-state index contributed by atoms with van der Waals surface area (Å²) in [5.41, 5.74) is 2.34. The summed E-state index contributed by atoms with van der Waals surface area (Å²) in [6.45, 7) is 0.310. The lowest BCUT2D eigenvalue weighted by Crippen LogP contribution is -2.33. The molecule has 0 fully saturated rings. The number of aromatic nitrogens is 7. The molecule has 0 bridgehead atoms. The minimum atomic E-state index is -0.647. The summed E-state index contributed by atoms with van der Waals surface area (Å²) in [6.07, 6.45) is 6.61. The molecule has 3 heterocycles. The Kier molecular flexibility index (Phi) is 3.87. The fourth-order valence-electron chi connectivity index (χ4n) is 2.63. The highest BCUT2D eigenvalue weighted by Gasteiger charge is 2.23. The van der Waals surface area contributed by atoms with Gasteiger partial charge in [0.25, 0.3) is 0 Å². The number of rotatable bonds is 5. The molecule has 4 aromatic rings. The number of carbonyl (C=O) groups excluding carboxylic acids is 1. The number of tetrazole rings is 1. The van der Waals surface area contributed by atoms with Crippen LogP contribution >= 0.6 is 0 Å². The molecule has 1 N–H and O–H groups in total. The van der Waals surface area contributed by atoms with Gasteiger partial charge in [-0.15, -0.1) is 5.10 Å². The van der Waals surface area contributed by atoms with Crippen molar-refractivity contribution in [3.63, 3.8) is 0 Å². The number of amides is 1. The van der Waals surface area contributed by atoms with Crippen molar-refractivity contribution in [3.8, 4) is 0 Å². The molecule has 0 unspecified atom stereocenters. The van der Waals surface area contributed by atoms with Crippen LogP contribution in [0, 0.1) is 0 Å². The Morgan fingerprint density at radius 3 is 2.88 bits per heavy atom. The first-order valence-electron chi connectivity index (χ1n) is 7.65. The van der Waals surface area contributed by atoms with Gasteiger partial charge in [-0.2, -0.15) is 5.10 Å². The zero-order chi connectivity index (χ0) is 17.1. The van der Waals surface area contributed by atoms with Crippen molar-refractivity contribution in [2.45, 2.75) is 12.6 Å². The van der Waals surface area contributed by atoms with Crippen molar-refractivity contribution in [3.05, 3.63) is 72.4 Å². The maximum Gasteiger partial charge on any atom is 0.249 e. The third kappa shape index (κ3) is 2.94. The second kappa shape index (κ2) is 6.48. The van der Waals surface area contributed by atoms with Crippen LogP contribution in [0.2, 0.25) is 0 Å². The first kappa shape index (κ1) is 14.9. The summed E-state index contributed by atoms with van der Waals surface area (Å²) in [5, 5.41) is 18.3. The Bertz CT molecular complexity index is 980. The summed E-state index contributed by atoms with van der Waals surface area (Å²) in [4.78, 5) is 17.1. The van der Waals surface area contributed by atoms with Gasteiger partial charge in [-0.3, -0.25) is 4.79 Å². The molecular formula is C16H14N8O. The molecule has 0 aliphatic heterocycles. The normalized spacial score (nSPS) is 12.2. The average Bonchev–Trinajstić information content (AvgIpc) is 3.31. The van der Waals surface area contributed by atoms with E-state index in [1.165, 1.54) is 11.0 Å². The highest BCUT2D eigenvalue weighted by Crippen LogP contribution is 2.17. The Hall–Kier alpha value is -3.62. The zero-order valence-electron chi connectivity index (χ0n) is 13.1. The summed E-state index contributed by atoms with van der Waals surface area (Å²) in [5.74, 6) is -0.214. The van der Waals surface area contributed by atoms with Gasteiger partial charge in [0.05, 0.1) is 6.20 Å². The molecule has 3 aromatic heterocycles. The summed E-state index contributed by atoms with van der Waals surface area (Å²) in [6, 6.07) is 10.5. The van der Waals surface area contributed by atoms with E-state index < -0.39 is 6.04 Å². The van der Waals surface area contributed by atoms with Gasteiger partial charge in [-0.25, -0.2) is 14.2 Å². The molecule has 0 saturated heterocycles. The fraction of sp³-hybridized carbons (Fsp3) is 0.125. The van der Waals surface area contributed by atoms with Crippen molar-refractivity contribution in [2.75, 3.05) is 0 Å². The van der Waals surface area contributed by atoms with E-state index >= 15 is 0 Å². The van der Waals surface area contributed by atoms with Crippen molar-refractivity contribution in [1.82, 2.24) is 40.1 Å². The number of carbonyl (C=O) groups is 1. The minimum absolute atomic E-state index is 0.214. The van der Waals surface area contributed by atoms with Crippen LogP contribution in [0.4, 0.5) is 0 Å². The van der Waals surface area contributed by atoms with Crippen molar-refractivity contribution >= 4 is 11.6 Å². The van der Waals surface area contributed by atoms with Crippen LogP contribution in [0.3, 0.4) is 0 Å². The third-order valence-electron chi connectivity index (χ3n) is 3.80. The van der Waals surface area contributed by atoms with Crippen LogP contribution in [0.1, 0.15) is 17.2 Å². The molecule has 1 amide bonds. The van der Waals surface area contributed by atoms with E-state index in [0.717, 1.165) is 11.1 Å². The van der Waals surface area contributed by atoms with E-state index in [4.69, 9.17) is 0 Å². The number of hydrogen-bond acceptors (Lipinski definition) is 6. The Morgan fingerprint density at radius 2 is 2.08 bits per heavy atom. The topological polar surface area (TPSA) is 103 Å². The molecule has 0 spiro atoms. The summed E-state index contributed by atoms with van der Waals surface area (Å²) in [7, 11) is 0. The summed E-state index contributed by atoms with van der Waals surface area (Å²) >= 11 is 0. The molecule has 9 nitrogen and oxygen atoms in total. The van der Waals surface area contributed by atoms with Crippen LogP contribution in [0.15, 0.2) is 61.3 Å².